The number of benzene rings is 1. The molecule has 154 valence electrons. The molecular formula is C27H36N2. The lowest BCUT2D eigenvalue weighted by molar-refractivity contribution is 0.664. The Morgan fingerprint density at radius 1 is 1.07 bits per heavy atom. The van der Waals surface area contributed by atoms with Crippen LogP contribution in [0.2, 0.25) is 0 Å². The maximum absolute atomic E-state index is 6.71. The molecule has 0 saturated heterocycles. The van der Waals surface area contributed by atoms with Crippen molar-refractivity contribution in [2.75, 3.05) is 0 Å². The van der Waals surface area contributed by atoms with Gasteiger partial charge in [0, 0.05) is 17.0 Å². The molecule has 0 saturated carbocycles. The first-order chi connectivity index (χ1) is 14.0. The number of aromatic nitrogens is 1. The Labute approximate surface area is 177 Å². The third-order valence-electron chi connectivity index (χ3n) is 5.36. The fraction of sp³-hybridized carbons (Fsp3) is 0.370. The number of pyridine rings is 1. The maximum Gasteiger partial charge on any atom is 0.0668 e. The molecule has 0 spiro atoms. The lowest BCUT2D eigenvalue weighted by atomic mass is 9.92. The van der Waals surface area contributed by atoms with Crippen molar-refractivity contribution < 1.29 is 0 Å². The number of hydrogen-bond acceptors (Lipinski definition) is 2. The van der Waals surface area contributed by atoms with Crippen LogP contribution in [-0.2, 0) is 0 Å². The molecule has 0 aliphatic carbocycles. The van der Waals surface area contributed by atoms with Gasteiger partial charge in [-0.2, -0.15) is 0 Å². The molecule has 0 amide bonds. The zero-order valence-electron chi connectivity index (χ0n) is 18.8. The summed E-state index contributed by atoms with van der Waals surface area (Å²) in [7, 11) is 0. The van der Waals surface area contributed by atoms with Gasteiger partial charge in [0.05, 0.1) is 5.69 Å². The van der Waals surface area contributed by atoms with E-state index >= 15 is 0 Å². The summed E-state index contributed by atoms with van der Waals surface area (Å²) >= 11 is 0. The first-order valence-electron chi connectivity index (χ1n) is 10.8. The number of allylic oxidation sites excluding steroid dienone is 5. The van der Waals surface area contributed by atoms with Crippen LogP contribution >= 0.6 is 0 Å². The van der Waals surface area contributed by atoms with Gasteiger partial charge in [0.2, 0.25) is 0 Å². The summed E-state index contributed by atoms with van der Waals surface area (Å²) in [5.41, 5.74) is 15.4. The van der Waals surface area contributed by atoms with Crippen LogP contribution in [0.15, 0.2) is 60.2 Å². The van der Waals surface area contributed by atoms with Gasteiger partial charge in [-0.3, -0.25) is 4.98 Å². The average molecular weight is 389 g/mol. The molecule has 2 nitrogen and oxygen atoms in total. The van der Waals surface area contributed by atoms with Gasteiger partial charge in [-0.25, -0.2) is 0 Å². The average Bonchev–Trinajstić information content (AvgIpc) is 2.74. The van der Waals surface area contributed by atoms with Crippen molar-refractivity contribution in [3.8, 4) is 11.1 Å². The first kappa shape index (κ1) is 22.7. The topological polar surface area (TPSA) is 38.9 Å². The second kappa shape index (κ2) is 11.4. The lowest BCUT2D eigenvalue weighted by Gasteiger charge is -2.18. The Hall–Kier alpha value is -2.61. The van der Waals surface area contributed by atoms with E-state index in [-0.39, 0.29) is 0 Å². The Kier molecular flexibility index (Phi) is 8.92. The molecule has 0 bridgehead atoms. The minimum absolute atomic E-state index is 0.881. The van der Waals surface area contributed by atoms with Gasteiger partial charge in [0.15, 0.2) is 0 Å². The van der Waals surface area contributed by atoms with E-state index in [0.717, 1.165) is 40.2 Å². The number of nitrogens with zero attached hydrogens (tertiary/aromatic N) is 1. The van der Waals surface area contributed by atoms with E-state index in [1.807, 2.05) is 19.1 Å². The molecule has 2 aromatic rings. The van der Waals surface area contributed by atoms with Gasteiger partial charge in [0.25, 0.3) is 0 Å². The number of unbranched alkanes of at least 4 members (excludes halogenated alkanes) is 3. The monoisotopic (exact) mass is 388 g/mol. The van der Waals surface area contributed by atoms with Gasteiger partial charge in [0.1, 0.15) is 0 Å². The highest BCUT2D eigenvalue weighted by Crippen LogP contribution is 2.33. The number of aryl methyl sites for hydroxylation is 1. The second-order valence-electron chi connectivity index (χ2n) is 7.76. The third-order valence-corrected chi connectivity index (χ3v) is 5.36. The molecule has 0 atom stereocenters. The SMILES string of the molecule is C/C=C\C=C(/C)c1cc(-c2ccccc2)c(/C(N)=C(\C)CCCCCC)c(C)n1. The standard InChI is InChI=1S/C27H36N2/c1-6-8-10-12-16-21(4)27(28)26-22(5)29-25(20(3)15-9-7-2)19-24(26)23-17-13-11-14-18-23/h7,9,11,13-15,17-19H,6,8,10,12,16,28H2,1-5H3/b9-7-,20-15+,27-21-. The van der Waals surface area contributed by atoms with E-state index in [0.29, 0.717) is 0 Å². The number of rotatable bonds is 9. The minimum Gasteiger partial charge on any atom is -0.398 e. The lowest BCUT2D eigenvalue weighted by Crippen LogP contribution is -2.07. The molecule has 0 unspecified atom stereocenters. The van der Waals surface area contributed by atoms with Crippen LogP contribution in [0.4, 0.5) is 0 Å². The largest absolute Gasteiger partial charge is 0.398 e. The fourth-order valence-corrected chi connectivity index (χ4v) is 3.55. The highest BCUT2D eigenvalue weighted by atomic mass is 14.7. The molecule has 2 heteroatoms. The van der Waals surface area contributed by atoms with Gasteiger partial charge in [-0.1, -0.05) is 74.7 Å². The summed E-state index contributed by atoms with van der Waals surface area (Å²) in [4.78, 5) is 4.91. The molecule has 0 fully saturated rings. The third kappa shape index (κ3) is 6.19. The summed E-state index contributed by atoms with van der Waals surface area (Å²) in [6.45, 7) is 10.6. The highest BCUT2D eigenvalue weighted by molar-refractivity contribution is 5.84. The van der Waals surface area contributed by atoms with Crippen molar-refractivity contribution in [2.24, 2.45) is 5.73 Å². The molecule has 0 aliphatic heterocycles. The molecule has 1 aromatic carbocycles. The zero-order chi connectivity index (χ0) is 21.2. The number of hydrogen-bond donors (Lipinski definition) is 1. The maximum atomic E-state index is 6.71. The van der Waals surface area contributed by atoms with Crippen molar-refractivity contribution in [3.63, 3.8) is 0 Å². The summed E-state index contributed by atoms with van der Waals surface area (Å²) < 4.78 is 0. The molecule has 0 aliphatic rings. The van der Waals surface area contributed by atoms with Crippen LogP contribution in [0, 0.1) is 6.92 Å². The van der Waals surface area contributed by atoms with Crippen LogP contribution in [-0.4, -0.2) is 4.98 Å². The van der Waals surface area contributed by atoms with E-state index in [9.17, 15) is 0 Å². The van der Waals surface area contributed by atoms with E-state index in [1.54, 1.807) is 0 Å². The predicted octanol–water partition coefficient (Wildman–Crippen LogP) is 7.70. The Balaban J connectivity index is 2.56. The molecular weight excluding hydrogens is 352 g/mol. The van der Waals surface area contributed by atoms with Crippen LogP contribution < -0.4 is 5.73 Å². The van der Waals surface area contributed by atoms with E-state index < -0.39 is 0 Å². The van der Waals surface area contributed by atoms with Crippen molar-refractivity contribution in [1.82, 2.24) is 4.98 Å². The predicted molar refractivity (Wildman–Crippen MR) is 128 cm³/mol. The van der Waals surface area contributed by atoms with Crippen LogP contribution in [0.5, 0.6) is 0 Å². The van der Waals surface area contributed by atoms with Crippen molar-refractivity contribution >= 4 is 11.3 Å². The van der Waals surface area contributed by atoms with Crippen molar-refractivity contribution in [1.29, 1.82) is 0 Å². The highest BCUT2D eigenvalue weighted by Gasteiger charge is 2.16. The normalized spacial score (nSPS) is 13.1. The molecule has 29 heavy (non-hydrogen) atoms. The summed E-state index contributed by atoms with van der Waals surface area (Å²) in [5.74, 6) is 0. The van der Waals surface area contributed by atoms with Crippen LogP contribution in [0.1, 0.15) is 76.8 Å². The van der Waals surface area contributed by atoms with E-state index in [2.05, 4.69) is 70.2 Å². The molecule has 0 radical (unpaired) electrons. The molecule has 2 N–H and O–H groups in total. The van der Waals surface area contributed by atoms with Crippen molar-refractivity contribution in [3.05, 3.63) is 77.2 Å². The van der Waals surface area contributed by atoms with Crippen LogP contribution in [0.25, 0.3) is 22.4 Å². The minimum atomic E-state index is 0.881. The quantitative estimate of drug-likeness (QED) is 0.353. The van der Waals surface area contributed by atoms with Gasteiger partial charge in [-0.15, -0.1) is 0 Å². The van der Waals surface area contributed by atoms with E-state index in [1.165, 1.54) is 36.8 Å². The smallest absolute Gasteiger partial charge is 0.0668 e. The van der Waals surface area contributed by atoms with Gasteiger partial charge < -0.3 is 5.73 Å². The Morgan fingerprint density at radius 2 is 1.79 bits per heavy atom. The molecule has 1 aromatic heterocycles. The van der Waals surface area contributed by atoms with Crippen LogP contribution in [0.3, 0.4) is 0 Å². The summed E-state index contributed by atoms with van der Waals surface area (Å²) in [6.07, 6.45) is 12.2. The molecule has 2 rings (SSSR count). The Morgan fingerprint density at radius 3 is 2.45 bits per heavy atom. The molecule has 1 heterocycles. The van der Waals surface area contributed by atoms with Gasteiger partial charge >= 0.3 is 0 Å². The number of nitrogens with two attached hydrogens (primary N) is 1. The van der Waals surface area contributed by atoms with E-state index in [4.69, 9.17) is 10.7 Å². The van der Waals surface area contributed by atoms with Crippen molar-refractivity contribution in [2.45, 2.75) is 66.7 Å². The fourth-order valence-electron chi connectivity index (χ4n) is 3.55. The zero-order valence-corrected chi connectivity index (χ0v) is 18.8. The Bertz CT molecular complexity index is 886. The van der Waals surface area contributed by atoms with Gasteiger partial charge in [-0.05, 0) is 68.9 Å². The first-order valence-corrected chi connectivity index (χ1v) is 10.8. The summed E-state index contributed by atoms with van der Waals surface area (Å²) in [5, 5.41) is 0. The summed E-state index contributed by atoms with van der Waals surface area (Å²) in [6, 6.07) is 12.7. The second-order valence-corrected chi connectivity index (χ2v) is 7.76.